The largest absolute Gasteiger partial charge is 0.356 e. The van der Waals surface area contributed by atoms with Crippen LogP contribution < -0.4 is 5.32 Å². The summed E-state index contributed by atoms with van der Waals surface area (Å²) >= 11 is 0. The minimum absolute atomic E-state index is 0.0337. The summed E-state index contributed by atoms with van der Waals surface area (Å²) in [6, 6.07) is 7.04. The SMILES string of the molecule is Cc1ccccc1S(=O)(=O)N1C[C@@H]2CNC(=O)[C@@H](C)[C@@H]2C1. The number of sulfonamides is 1. The molecule has 0 saturated carbocycles. The molecule has 1 amide bonds. The summed E-state index contributed by atoms with van der Waals surface area (Å²) in [5.74, 6) is 0.251. The molecule has 2 fully saturated rings. The highest BCUT2D eigenvalue weighted by atomic mass is 32.2. The van der Waals surface area contributed by atoms with E-state index in [1.54, 1.807) is 16.4 Å². The Kier molecular flexibility index (Phi) is 3.53. The van der Waals surface area contributed by atoms with Gasteiger partial charge in [0, 0.05) is 25.6 Å². The van der Waals surface area contributed by atoms with Crippen LogP contribution in [0.3, 0.4) is 0 Å². The fraction of sp³-hybridized carbons (Fsp3) is 0.533. The Hall–Kier alpha value is -1.40. The van der Waals surface area contributed by atoms with Gasteiger partial charge in [0.1, 0.15) is 0 Å². The molecule has 1 N–H and O–H groups in total. The third-order valence-corrected chi connectivity index (χ3v) is 6.76. The summed E-state index contributed by atoms with van der Waals surface area (Å²) in [5.41, 5.74) is 0.759. The predicted octanol–water partition coefficient (Wildman–Crippen LogP) is 0.998. The second-order valence-electron chi connectivity index (χ2n) is 6.05. The summed E-state index contributed by atoms with van der Waals surface area (Å²) in [4.78, 5) is 12.1. The van der Waals surface area contributed by atoms with Crippen molar-refractivity contribution in [1.29, 1.82) is 0 Å². The highest BCUT2D eigenvalue weighted by Gasteiger charge is 2.45. The third kappa shape index (κ3) is 2.36. The van der Waals surface area contributed by atoms with E-state index < -0.39 is 10.0 Å². The van der Waals surface area contributed by atoms with Crippen LogP contribution in [0.5, 0.6) is 0 Å². The molecule has 21 heavy (non-hydrogen) atoms. The number of benzene rings is 1. The van der Waals surface area contributed by atoms with Crippen LogP contribution in [0.4, 0.5) is 0 Å². The van der Waals surface area contributed by atoms with Crippen LogP contribution in [0, 0.1) is 24.7 Å². The number of piperidine rings is 1. The van der Waals surface area contributed by atoms with Crippen molar-refractivity contribution in [1.82, 2.24) is 9.62 Å². The molecule has 2 aliphatic rings. The lowest BCUT2D eigenvalue weighted by atomic mass is 9.81. The molecule has 2 heterocycles. The normalized spacial score (nSPS) is 30.0. The number of hydrogen-bond donors (Lipinski definition) is 1. The van der Waals surface area contributed by atoms with Crippen molar-refractivity contribution in [3.8, 4) is 0 Å². The van der Waals surface area contributed by atoms with Crippen LogP contribution in [0.15, 0.2) is 29.2 Å². The van der Waals surface area contributed by atoms with Gasteiger partial charge in [-0.2, -0.15) is 4.31 Å². The minimum Gasteiger partial charge on any atom is -0.356 e. The summed E-state index contributed by atoms with van der Waals surface area (Å²) in [6.45, 7) is 5.20. The Balaban J connectivity index is 1.89. The number of rotatable bonds is 2. The molecular weight excluding hydrogens is 288 g/mol. The van der Waals surface area contributed by atoms with Crippen molar-refractivity contribution in [2.75, 3.05) is 19.6 Å². The van der Waals surface area contributed by atoms with Crippen molar-refractivity contribution in [2.45, 2.75) is 18.7 Å². The molecule has 3 rings (SSSR count). The van der Waals surface area contributed by atoms with E-state index in [-0.39, 0.29) is 23.7 Å². The van der Waals surface area contributed by atoms with Crippen LogP contribution in [0.25, 0.3) is 0 Å². The molecular formula is C15H20N2O3S. The van der Waals surface area contributed by atoms with Gasteiger partial charge < -0.3 is 5.32 Å². The van der Waals surface area contributed by atoms with E-state index in [0.717, 1.165) is 5.56 Å². The maximum Gasteiger partial charge on any atom is 0.243 e. The smallest absolute Gasteiger partial charge is 0.243 e. The number of fused-ring (bicyclic) bond motifs is 1. The van der Waals surface area contributed by atoms with Crippen LogP contribution >= 0.6 is 0 Å². The van der Waals surface area contributed by atoms with Crippen LogP contribution in [0.2, 0.25) is 0 Å². The number of carbonyl (C=O) groups excluding carboxylic acids is 1. The number of carbonyl (C=O) groups is 1. The molecule has 1 aromatic carbocycles. The van der Waals surface area contributed by atoms with Crippen LogP contribution in [0.1, 0.15) is 12.5 Å². The molecule has 0 spiro atoms. The fourth-order valence-electron chi connectivity index (χ4n) is 3.41. The van der Waals surface area contributed by atoms with Gasteiger partial charge in [-0.15, -0.1) is 0 Å². The first-order valence-electron chi connectivity index (χ1n) is 7.24. The maximum atomic E-state index is 12.8. The van der Waals surface area contributed by atoms with E-state index in [2.05, 4.69) is 5.32 Å². The van der Waals surface area contributed by atoms with Gasteiger partial charge in [-0.3, -0.25) is 4.79 Å². The van der Waals surface area contributed by atoms with Gasteiger partial charge in [0.15, 0.2) is 0 Å². The molecule has 0 unspecified atom stereocenters. The zero-order valence-corrected chi connectivity index (χ0v) is 13.1. The van der Waals surface area contributed by atoms with Gasteiger partial charge in [-0.05, 0) is 30.4 Å². The second-order valence-corrected chi connectivity index (χ2v) is 7.95. The van der Waals surface area contributed by atoms with Crippen molar-refractivity contribution < 1.29 is 13.2 Å². The van der Waals surface area contributed by atoms with Gasteiger partial charge >= 0.3 is 0 Å². The quantitative estimate of drug-likeness (QED) is 0.886. The number of amides is 1. The van der Waals surface area contributed by atoms with E-state index in [4.69, 9.17) is 0 Å². The fourth-order valence-corrected chi connectivity index (χ4v) is 5.17. The molecule has 5 nitrogen and oxygen atoms in total. The van der Waals surface area contributed by atoms with E-state index in [0.29, 0.717) is 24.5 Å². The molecule has 114 valence electrons. The number of nitrogens with zero attached hydrogens (tertiary/aromatic N) is 1. The first-order valence-corrected chi connectivity index (χ1v) is 8.69. The molecule has 0 radical (unpaired) electrons. The topological polar surface area (TPSA) is 66.5 Å². The number of nitrogens with one attached hydrogen (secondary N) is 1. The van der Waals surface area contributed by atoms with E-state index in [9.17, 15) is 13.2 Å². The lowest BCUT2D eigenvalue weighted by molar-refractivity contribution is -0.128. The van der Waals surface area contributed by atoms with Crippen LogP contribution in [-0.4, -0.2) is 38.3 Å². The van der Waals surface area contributed by atoms with Crippen molar-refractivity contribution >= 4 is 15.9 Å². The monoisotopic (exact) mass is 308 g/mol. The Labute approximate surface area is 125 Å². The molecule has 2 aliphatic heterocycles. The third-order valence-electron chi connectivity index (χ3n) is 4.76. The molecule has 0 aromatic heterocycles. The predicted molar refractivity (Wildman–Crippen MR) is 79.1 cm³/mol. The summed E-state index contributed by atoms with van der Waals surface area (Å²) in [5, 5.41) is 2.87. The Morgan fingerprint density at radius 3 is 2.67 bits per heavy atom. The molecule has 1 aromatic rings. The van der Waals surface area contributed by atoms with Crippen LogP contribution in [-0.2, 0) is 14.8 Å². The summed E-state index contributed by atoms with van der Waals surface area (Å²) in [7, 11) is -3.47. The van der Waals surface area contributed by atoms with Gasteiger partial charge in [0.25, 0.3) is 0 Å². The Morgan fingerprint density at radius 1 is 1.24 bits per heavy atom. The zero-order valence-electron chi connectivity index (χ0n) is 12.2. The Bertz CT molecular complexity index is 671. The number of hydrogen-bond acceptors (Lipinski definition) is 3. The lowest BCUT2D eigenvalue weighted by Crippen LogP contribution is -2.46. The standard InChI is InChI=1S/C15H20N2O3S/c1-10-5-3-4-6-14(10)21(19,20)17-8-12-7-16-15(18)11(2)13(12)9-17/h3-6,11-13H,7-9H2,1-2H3,(H,16,18)/t11-,12-,13-/m0/s1. The Morgan fingerprint density at radius 2 is 1.95 bits per heavy atom. The maximum absolute atomic E-state index is 12.8. The average molecular weight is 308 g/mol. The zero-order chi connectivity index (χ0) is 15.2. The highest BCUT2D eigenvalue weighted by Crippen LogP contribution is 2.35. The van der Waals surface area contributed by atoms with Gasteiger partial charge in [0.05, 0.1) is 4.90 Å². The highest BCUT2D eigenvalue weighted by molar-refractivity contribution is 7.89. The van der Waals surface area contributed by atoms with E-state index in [1.807, 2.05) is 26.0 Å². The van der Waals surface area contributed by atoms with Crippen molar-refractivity contribution in [3.05, 3.63) is 29.8 Å². The van der Waals surface area contributed by atoms with Crippen molar-refractivity contribution in [3.63, 3.8) is 0 Å². The van der Waals surface area contributed by atoms with Gasteiger partial charge in [-0.25, -0.2) is 8.42 Å². The van der Waals surface area contributed by atoms with E-state index >= 15 is 0 Å². The molecule has 0 aliphatic carbocycles. The molecule has 6 heteroatoms. The number of aryl methyl sites for hydroxylation is 1. The second kappa shape index (κ2) is 5.10. The molecule has 3 atom stereocenters. The summed E-state index contributed by atoms with van der Waals surface area (Å²) < 4.78 is 27.2. The van der Waals surface area contributed by atoms with E-state index in [1.165, 1.54) is 0 Å². The average Bonchev–Trinajstić information content (AvgIpc) is 2.89. The van der Waals surface area contributed by atoms with Gasteiger partial charge in [-0.1, -0.05) is 25.1 Å². The molecule has 2 saturated heterocycles. The minimum atomic E-state index is -3.47. The van der Waals surface area contributed by atoms with Crippen molar-refractivity contribution in [2.24, 2.45) is 17.8 Å². The van der Waals surface area contributed by atoms with Gasteiger partial charge in [0.2, 0.25) is 15.9 Å². The lowest BCUT2D eigenvalue weighted by Gasteiger charge is -2.29. The first kappa shape index (κ1) is 14.5. The summed E-state index contributed by atoms with van der Waals surface area (Å²) in [6.07, 6.45) is 0. The first-order chi connectivity index (χ1) is 9.91. The molecule has 0 bridgehead atoms.